The van der Waals surface area contributed by atoms with E-state index in [0.717, 1.165) is 6.26 Å². The van der Waals surface area contributed by atoms with Gasteiger partial charge in [0.2, 0.25) is 6.29 Å². The van der Waals surface area contributed by atoms with Gasteiger partial charge in [0.05, 0.1) is 25.0 Å². The molecule has 1 saturated heterocycles. The first-order chi connectivity index (χ1) is 12.4. The summed E-state index contributed by atoms with van der Waals surface area (Å²) in [6.45, 7) is -0.900. The lowest BCUT2D eigenvalue weighted by molar-refractivity contribution is -0.327. The fraction of sp³-hybridized carbons (Fsp3) is 0.688. The van der Waals surface area contributed by atoms with Gasteiger partial charge in [-0.25, -0.2) is 4.79 Å². The maximum Gasteiger partial charge on any atom is 0.335 e. The van der Waals surface area contributed by atoms with Crippen molar-refractivity contribution in [3.8, 4) is 0 Å². The summed E-state index contributed by atoms with van der Waals surface area (Å²) >= 11 is 0. The van der Waals surface area contributed by atoms with E-state index < -0.39 is 55.5 Å². The zero-order valence-electron chi connectivity index (χ0n) is 13.8. The van der Waals surface area contributed by atoms with Crippen LogP contribution < -0.4 is 0 Å². The number of aliphatic carboxylic acids is 1. The van der Waals surface area contributed by atoms with E-state index in [1.165, 1.54) is 0 Å². The van der Waals surface area contributed by atoms with E-state index in [2.05, 4.69) is 0 Å². The Kier molecular flexibility index (Phi) is 5.63. The van der Waals surface area contributed by atoms with Crippen molar-refractivity contribution < 1.29 is 49.6 Å². The number of rotatable bonds is 5. The molecule has 1 aliphatic carbocycles. The fourth-order valence-electron chi connectivity index (χ4n) is 3.59. The van der Waals surface area contributed by atoms with E-state index in [0.29, 0.717) is 24.0 Å². The summed E-state index contributed by atoms with van der Waals surface area (Å²) < 4.78 is 16.2. The number of ether oxygens (including phenoxy) is 3. The highest BCUT2D eigenvalue weighted by atomic mass is 16.8. The van der Waals surface area contributed by atoms with Crippen LogP contribution in [0.15, 0.2) is 23.0 Å². The van der Waals surface area contributed by atoms with Gasteiger partial charge < -0.3 is 44.8 Å². The summed E-state index contributed by atoms with van der Waals surface area (Å²) in [7, 11) is 0. The smallest absolute Gasteiger partial charge is 0.335 e. The molecule has 6 N–H and O–H groups in total. The number of carbonyl (C=O) groups is 1. The van der Waals surface area contributed by atoms with Crippen LogP contribution in [0.2, 0.25) is 0 Å². The molecule has 146 valence electrons. The standard InChI is InChI=1S/C16H22O10/c17-3-6-1-2-7-8(14(22)23)5-24-15(10(6)7)26-16-13(21)12(20)11(19)9(4-18)25-16/h5,7,9,11-13,15-21H,1-4H2,(H,22,23)/t7-,9-,11+,12+,13-,15-,16+/m1/s1. The fourth-order valence-corrected chi connectivity index (χ4v) is 3.59. The Balaban J connectivity index is 1.83. The van der Waals surface area contributed by atoms with Crippen LogP contribution in [-0.4, -0.2) is 86.8 Å². The Labute approximate surface area is 148 Å². The summed E-state index contributed by atoms with van der Waals surface area (Å²) in [6.07, 6.45) is -6.43. The maximum atomic E-state index is 11.4. The molecule has 26 heavy (non-hydrogen) atoms. The molecule has 7 atom stereocenters. The van der Waals surface area contributed by atoms with Crippen LogP contribution in [0.1, 0.15) is 12.8 Å². The van der Waals surface area contributed by atoms with Crippen molar-refractivity contribution in [1.82, 2.24) is 0 Å². The average Bonchev–Trinajstić information content (AvgIpc) is 3.06. The topological polar surface area (TPSA) is 166 Å². The molecular formula is C16H22O10. The van der Waals surface area contributed by atoms with Crippen molar-refractivity contribution in [2.45, 2.75) is 49.8 Å². The maximum absolute atomic E-state index is 11.4. The minimum atomic E-state index is -1.61. The van der Waals surface area contributed by atoms with Crippen LogP contribution in [-0.2, 0) is 19.0 Å². The minimum absolute atomic E-state index is 0.0390. The highest BCUT2D eigenvalue weighted by Crippen LogP contribution is 2.43. The first-order valence-corrected chi connectivity index (χ1v) is 8.26. The van der Waals surface area contributed by atoms with Gasteiger partial charge in [-0.3, -0.25) is 0 Å². The number of aliphatic hydroxyl groups is 5. The van der Waals surface area contributed by atoms with Gasteiger partial charge in [-0.15, -0.1) is 0 Å². The predicted octanol–water partition coefficient (Wildman–Crippen LogP) is -2.17. The summed E-state index contributed by atoms with van der Waals surface area (Å²) in [4.78, 5) is 11.4. The molecule has 2 heterocycles. The van der Waals surface area contributed by atoms with E-state index in [-0.39, 0.29) is 12.2 Å². The number of aliphatic hydroxyl groups excluding tert-OH is 5. The molecule has 0 spiro atoms. The quantitative estimate of drug-likeness (QED) is 0.291. The van der Waals surface area contributed by atoms with Crippen molar-refractivity contribution in [2.24, 2.45) is 5.92 Å². The largest absolute Gasteiger partial charge is 0.478 e. The average molecular weight is 374 g/mol. The van der Waals surface area contributed by atoms with Crippen LogP contribution in [0, 0.1) is 5.92 Å². The third kappa shape index (κ3) is 3.25. The summed E-state index contributed by atoms with van der Waals surface area (Å²) in [5.74, 6) is -1.64. The van der Waals surface area contributed by atoms with Gasteiger partial charge >= 0.3 is 5.97 Å². The molecule has 10 heteroatoms. The first-order valence-electron chi connectivity index (χ1n) is 8.26. The summed E-state index contributed by atoms with van der Waals surface area (Å²) in [6, 6.07) is 0. The van der Waals surface area contributed by atoms with E-state index in [1.807, 2.05) is 0 Å². The van der Waals surface area contributed by atoms with E-state index in [1.54, 1.807) is 0 Å². The lowest BCUT2D eigenvalue weighted by Crippen LogP contribution is -2.60. The van der Waals surface area contributed by atoms with Crippen molar-refractivity contribution in [1.29, 1.82) is 0 Å². The van der Waals surface area contributed by atoms with Gasteiger partial charge in [-0.1, -0.05) is 0 Å². The molecule has 0 radical (unpaired) electrons. The van der Waals surface area contributed by atoms with Crippen molar-refractivity contribution in [3.05, 3.63) is 23.0 Å². The molecule has 2 aliphatic heterocycles. The molecule has 0 amide bonds. The number of hydrogen-bond acceptors (Lipinski definition) is 9. The van der Waals surface area contributed by atoms with Crippen LogP contribution in [0.4, 0.5) is 0 Å². The SMILES string of the molecule is O=C(O)C1=CO[C@H](O[C@@H]2O[C@H](CO)[C@H](O)[C@H](O)[C@H]2O)C2=C(CO)CC[C@H]12. The van der Waals surface area contributed by atoms with Crippen molar-refractivity contribution in [2.75, 3.05) is 13.2 Å². The third-order valence-corrected chi connectivity index (χ3v) is 5.01. The lowest BCUT2D eigenvalue weighted by Gasteiger charge is -2.41. The van der Waals surface area contributed by atoms with E-state index >= 15 is 0 Å². The van der Waals surface area contributed by atoms with Crippen LogP contribution >= 0.6 is 0 Å². The molecule has 0 bridgehead atoms. The van der Waals surface area contributed by atoms with E-state index in [4.69, 9.17) is 14.2 Å². The Bertz CT molecular complexity index is 612. The minimum Gasteiger partial charge on any atom is -0.478 e. The van der Waals surface area contributed by atoms with Gasteiger partial charge in [0.25, 0.3) is 0 Å². The second-order valence-corrected chi connectivity index (χ2v) is 6.49. The highest BCUT2D eigenvalue weighted by Gasteiger charge is 2.47. The summed E-state index contributed by atoms with van der Waals surface area (Å²) in [5, 5.41) is 57.8. The molecule has 0 aromatic heterocycles. The molecule has 10 nitrogen and oxygen atoms in total. The van der Waals surface area contributed by atoms with E-state index in [9.17, 15) is 35.4 Å². The predicted molar refractivity (Wildman–Crippen MR) is 82.3 cm³/mol. The molecule has 1 fully saturated rings. The number of fused-ring (bicyclic) bond motifs is 1. The lowest BCUT2D eigenvalue weighted by atomic mass is 9.90. The molecule has 0 saturated carbocycles. The highest BCUT2D eigenvalue weighted by molar-refractivity contribution is 5.88. The second kappa shape index (κ2) is 7.61. The normalized spacial score (nSPS) is 40.0. The van der Waals surface area contributed by atoms with Crippen LogP contribution in [0.3, 0.4) is 0 Å². The zero-order chi connectivity index (χ0) is 19.0. The Morgan fingerprint density at radius 2 is 1.92 bits per heavy atom. The van der Waals surface area contributed by atoms with Crippen molar-refractivity contribution >= 4 is 5.97 Å². The van der Waals surface area contributed by atoms with Gasteiger partial charge in [-0.05, 0) is 18.4 Å². The Morgan fingerprint density at radius 1 is 1.19 bits per heavy atom. The third-order valence-electron chi connectivity index (χ3n) is 5.01. The van der Waals surface area contributed by atoms with Gasteiger partial charge in [0.1, 0.15) is 24.4 Å². The number of hydrogen-bond donors (Lipinski definition) is 6. The molecule has 3 rings (SSSR count). The monoisotopic (exact) mass is 374 g/mol. The molecule has 0 aromatic rings. The number of carboxylic acid groups (broad SMARTS) is 1. The van der Waals surface area contributed by atoms with Gasteiger partial charge in [0, 0.05) is 11.5 Å². The molecule has 3 aliphatic rings. The van der Waals surface area contributed by atoms with Gasteiger partial charge in [0.15, 0.2) is 6.29 Å². The summed E-state index contributed by atoms with van der Waals surface area (Å²) in [5.41, 5.74) is 1.07. The molecular weight excluding hydrogens is 352 g/mol. The van der Waals surface area contributed by atoms with Crippen molar-refractivity contribution in [3.63, 3.8) is 0 Å². The Morgan fingerprint density at radius 3 is 2.54 bits per heavy atom. The van der Waals surface area contributed by atoms with Gasteiger partial charge in [-0.2, -0.15) is 0 Å². The van der Waals surface area contributed by atoms with Crippen LogP contribution in [0.5, 0.6) is 0 Å². The zero-order valence-corrected chi connectivity index (χ0v) is 13.8. The molecule has 0 aromatic carbocycles. The second-order valence-electron chi connectivity index (χ2n) is 6.49. The van der Waals surface area contributed by atoms with Crippen LogP contribution in [0.25, 0.3) is 0 Å². The number of carboxylic acids is 1. The Hall–Kier alpha value is -1.53. The first kappa shape index (κ1) is 19.2. The molecule has 0 unspecified atom stereocenters.